The normalized spacial score (nSPS) is 19.1. The number of carbonyl (C=O) groups is 1. The zero-order valence-corrected chi connectivity index (χ0v) is 12.2. The van der Waals surface area contributed by atoms with Gasteiger partial charge >= 0.3 is 0 Å². The van der Waals surface area contributed by atoms with Crippen molar-refractivity contribution in [2.75, 3.05) is 0 Å². The maximum atomic E-state index is 12.3. The van der Waals surface area contributed by atoms with Gasteiger partial charge in [-0.15, -0.1) is 0 Å². The number of hydrogen-bond donors (Lipinski definition) is 0. The number of allylic oxidation sites excluding steroid dienone is 4. The summed E-state index contributed by atoms with van der Waals surface area (Å²) in [5.74, 6) is 0.587. The van der Waals surface area contributed by atoms with Gasteiger partial charge in [-0.3, -0.25) is 4.79 Å². The van der Waals surface area contributed by atoms with Gasteiger partial charge in [-0.1, -0.05) is 74.4 Å². The van der Waals surface area contributed by atoms with Crippen LogP contribution in [0.3, 0.4) is 0 Å². The molecule has 0 fully saturated rings. The van der Waals surface area contributed by atoms with Crippen LogP contribution in [0.4, 0.5) is 0 Å². The second-order valence-electron chi connectivity index (χ2n) is 6.44. The first kappa shape index (κ1) is 13.8. The molecule has 0 spiro atoms. The van der Waals surface area contributed by atoms with Gasteiger partial charge in [0.05, 0.1) is 0 Å². The molecule has 0 amide bonds. The van der Waals surface area contributed by atoms with Crippen molar-refractivity contribution in [2.45, 2.75) is 34.1 Å². The Bertz CT molecular complexity index is 527. The molecule has 0 saturated heterocycles. The van der Waals surface area contributed by atoms with Crippen molar-refractivity contribution in [2.24, 2.45) is 11.3 Å². The van der Waals surface area contributed by atoms with Crippen LogP contribution in [-0.4, -0.2) is 5.78 Å². The molecule has 0 radical (unpaired) electrons. The van der Waals surface area contributed by atoms with E-state index in [0.717, 1.165) is 5.56 Å². The summed E-state index contributed by atoms with van der Waals surface area (Å²) < 4.78 is 0. The smallest absolute Gasteiger partial charge is 0.166 e. The van der Waals surface area contributed by atoms with Gasteiger partial charge in [-0.05, 0) is 12.3 Å². The molecule has 0 aromatic heterocycles. The molecule has 1 aromatic rings. The molecule has 1 atom stereocenters. The summed E-state index contributed by atoms with van der Waals surface area (Å²) in [6, 6.07) is 9.56. The average molecular weight is 254 g/mol. The molecule has 1 nitrogen and oxygen atoms in total. The molecule has 100 valence electrons. The predicted octanol–water partition coefficient (Wildman–Crippen LogP) is 4.81. The van der Waals surface area contributed by atoms with Crippen LogP contribution in [0.1, 0.15) is 44.5 Å². The molecular weight excluding hydrogens is 232 g/mol. The molecule has 1 aromatic carbocycles. The van der Waals surface area contributed by atoms with Gasteiger partial charge in [-0.25, -0.2) is 0 Å². The number of ketones is 1. The third kappa shape index (κ3) is 3.23. The minimum atomic E-state index is 0.167. The highest BCUT2D eigenvalue weighted by atomic mass is 16.1. The second kappa shape index (κ2) is 5.16. The number of Topliss-reactive ketones (excluding diaryl/α,β-unsaturated/α-hetero) is 1. The first-order valence-corrected chi connectivity index (χ1v) is 6.85. The van der Waals surface area contributed by atoms with Gasteiger partial charge < -0.3 is 0 Å². The zero-order valence-electron chi connectivity index (χ0n) is 12.2. The van der Waals surface area contributed by atoms with Crippen molar-refractivity contribution in [3.8, 4) is 0 Å². The lowest BCUT2D eigenvalue weighted by atomic mass is 9.76. The number of hydrogen-bond acceptors (Lipinski definition) is 1. The third-order valence-electron chi connectivity index (χ3n) is 3.64. The Hall–Kier alpha value is -1.63. The molecule has 1 aliphatic rings. The summed E-state index contributed by atoms with van der Waals surface area (Å²) >= 11 is 0. The molecule has 1 heteroatoms. The quantitative estimate of drug-likeness (QED) is 0.707. The van der Waals surface area contributed by atoms with Crippen LogP contribution in [0.25, 0.3) is 0 Å². The third-order valence-corrected chi connectivity index (χ3v) is 3.64. The summed E-state index contributed by atoms with van der Waals surface area (Å²) in [5, 5.41) is 0. The fourth-order valence-electron chi connectivity index (χ4n) is 2.68. The minimum Gasteiger partial charge on any atom is -0.294 e. The topological polar surface area (TPSA) is 17.1 Å². The van der Waals surface area contributed by atoms with E-state index in [9.17, 15) is 4.79 Å². The highest BCUT2D eigenvalue weighted by molar-refractivity contribution is 5.97. The molecule has 1 unspecified atom stereocenters. The van der Waals surface area contributed by atoms with Gasteiger partial charge in [0.2, 0.25) is 0 Å². The van der Waals surface area contributed by atoms with E-state index in [-0.39, 0.29) is 11.2 Å². The van der Waals surface area contributed by atoms with Gasteiger partial charge in [0.25, 0.3) is 0 Å². The second-order valence-corrected chi connectivity index (χ2v) is 6.44. The Morgan fingerprint density at radius 1 is 1.16 bits per heavy atom. The maximum absolute atomic E-state index is 12.3. The van der Waals surface area contributed by atoms with Crippen LogP contribution in [0.2, 0.25) is 0 Å². The van der Waals surface area contributed by atoms with Crippen molar-refractivity contribution in [1.82, 2.24) is 0 Å². The molecule has 0 bridgehead atoms. The summed E-state index contributed by atoms with van der Waals surface area (Å²) in [5.41, 5.74) is 3.50. The molecule has 2 rings (SSSR count). The molecule has 0 N–H and O–H groups in total. The standard InChI is InChI=1S/C18H22O/c1-13-10-15(16(11-13)18(2,3)4)12-17(19)14-8-6-5-7-9-14/h5-11,16H,12H2,1-4H3. The molecular formula is C18H22O. The van der Waals surface area contributed by atoms with Gasteiger partial charge in [0.1, 0.15) is 0 Å². The van der Waals surface area contributed by atoms with Crippen molar-refractivity contribution >= 4 is 5.78 Å². The fourth-order valence-corrected chi connectivity index (χ4v) is 2.68. The lowest BCUT2D eigenvalue weighted by Gasteiger charge is -2.28. The van der Waals surface area contributed by atoms with Crippen molar-refractivity contribution in [1.29, 1.82) is 0 Å². The van der Waals surface area contributed by atoms with E-state index in [1.54, 1.807) is 0 Å². The highest BCUT2D eigenvalue weighted by Gasteiger charge is 2.30. The van der Waals surface area contributed by atoms with Crippen molar-refractivity contribution < 1.29 is 4.79 Å². The van der Waals surface area contributed by atoms with E-state index in [1.165, 1.54) is 11.1 Å². The lowest BCUT2D eigenvalue weighted by Crippen LogP contribution is -2.20. The molecule has 0 heterocycles. The Balaban J connectivity index is 2.16. The number of benzene rings is 1. The molecule has 1 aliphatic carbocycles. The summed E-state index contributed by atoms with van der Waals surface area (Å²) in [7, 11) is 0. The Morgan fingerprint density at radius 2 is 1.79 bits per heavy atom. The summed E-state index contributed by atoms with van der Waals surface area (Å²) in [4.78, 5) is 12.3. The molecule has 19 heavy (non-hydrogen) atoms. The minimum absolute atomic E-state index is 0.167. The predicted molar refractivity (Wildman–Crippen MR) is 80.2 cm³/mol. The lowest BCUT2D eigenvalue weighted by molar-refractivity contribution is 0.0988. The molecule has 0 aliphatic heterocycles. The van der Waals surface area contributed by atoms with Crippen LogP contribution < -0.4 is 0 Å². The van der Waals surface area contributed by atoms with Gasteiger partial charge in [-0.2, -0.15) is 0 Å². The van der Waals surface area contributed by atoms with Crippen LogP contribution in [0.5, 0.6) is 0 Å². The van der Waals surface area contributed by atoms with E-state index < -0.39 is 0 Å². The van der Waals surface area contributed by atoms with E-state index in [2.05, 4.69) is 39.8 Å². The highest BCUT2D eigenvalue weighted by Crippen LogP contribution is 2.40. The Kier molecular flexibility index (Phi) is 3.75. The van der Waals surface area contributed by atoms with Crippen LogP contribution >= 0.6 is 0 Å². The number of carbonyl (C=O) groups excluding carboxylic acids is 1. The maximum Gasteiger partial charge on any atom is 0.166 e. The first-order valence-electron chi connectivity index (χ1n) is 6.85. The van der Waals surface area contributed by atoms with Crippen molar-refractivity contribution in [3.63, 3.8) is 0 Å². The zero-order chi connectivity index (χ0) is 14.0. The van der Waals surface area contributed by atoms with Crippen molar-refractivity contribution in [3.05, 3.63) is 59.2 Å². The largest absolute Gasteiger partial charge is 0.294 e. The van der Waals surface area contributed by atoms with E-state index >= 15 is 0 Å². The number of rotatable bonds is 3. The van der Waals surface area contributed by atoms with Crippen LogP contribution in [0.15, 0.2) is 53.6 Å². The Labute approximate surface area is 116 Å². The van der Waals surface area contributed by atoms with Gasteiger partial charge in [0, 0.05) is 17.9 Å². The van der Waals surface area contributed by atoms with Crippen LogP contribution in [0, 0.1) is 11.3 Å². The van der Waals surface area contributed by atoms with E-state index in [4.69, 9.17) is 0 Å². The summed E-state index contributed by atoms with van der Waals surface area (Å²) in [6.45, 7) is 8.80. The fraction of sp³-hybridized carbons (Fsp3) is 0.389. The SMILES string of the molecule is CC1=CC(C(C)(C)C)C(CC(=O)c2ccccc2)=C1. The summed E-state index contributed by atoms with van der Waals surface area (Å²) in [6.07, 6.45) is 4.99. The van der Waals surface area contributed by atoms with E-state index in [0.29, 0.717) is 12.3 Å². The van der Waals surface area contributed by atoms with E-state index in [1.807, 2.05) is 30.3 Å². The first-order chi connectivity index (χ1) is 8.88. The Morgan fingerprint density at radius 3 is 2.37 bits per heavy atom. The van der Waals surface area contributed by atoms with Crippen LogP contribution in [-0.2, 0) is 0 Å². The molecule has 0 saturated carbocycles. The average Bonchev–Trinajstić information content (AvgIpc) is 2.71. The van der Waals surface area contributed by atoms with Gasteiger partial charge in [0.15, 0.2) is 5.78 Å². The monoisotopic (exact) mass is 254 g/mol.